The standard InChI is InChI=1S/C27H31ClN8O5/c1-15-10-21-19(14-35(15)24(37)17-6-7-20(28)18(11-17)12-29)23(25(38)39)36(32-21)9-8-34(26(40)41-27(3,4)5)16(2)22-13-30-33-31-22/h6-7,11,13,15-16H,8-10,14H2,1-5H3,(H,38,39)(H,30,31,33)/t15-,16?/m1/s1. The number of nitriles is 1. The first-order valence-corrected chi connectivity index (χ1v) is 13.4. The Labute approximate surface area is 241 Å². The van der Waals surface area contributed by atoms with E-state index in [9.17, 15) is 24.8 Å². The Kier molecular flexibility index (Phi) is 8.34. The Hall–Kier alpha value is -4.44. The van der Waals surface area contributed by atoms with Crippen LogP contribution < -0.4 is 0 Å². The fraction of sp³-hybridized carbons (Fsp3) is 0.444. The van der Waals surface area contributed by atoms with Gasteiger partial charge in [0.25, 0.3) is 5.91 Å². The van der Waals surface area contributed by atoms with E-state index in [0.717, 1.165) is 0 Å². The van der Waals surface area contributed by atoms with Crippen LogP contribution in [-0.4, -0.2) is 76.3 Å². The number of halogens is 1. The number of amides is 2. The van der Waals surface area contributed by atoms with Crippen molar-refractivity contribution in [2.75, 3.05) is 6.54 Å². The molecule has 1 aliphatic heterocycles. The van der Waals surface area contributed by atoms with Crippen LogP contribution in [0.3, 0.4) is 0 Å². The van der Waals surface area contributed by atoms with E-state index in [4.69, 9.17) is 16.3 Å². The van der Waals surface area contributed by atoms with Crippen molar-refractivity contribution in [1.29, 1.82) is 5.26 Å². The van der Waals surface area contributed by atoms with Gasteiger partial charge in [-0.05, 0) is 52.8 Å². The van der Waals surface area contributed by atoms with Gasteiger partial charge < -0.3 is 14.7 Å². The van der Waals surface area contributed by atoms with Crippen molar-refractivity contribution < 1.29 is 24.2 Å². The van der Waals surface area contributed by atoms with Crippen molar-refractivity contribution in [2.45, 2.75) is 71.8 Å². The van der Waals surface area contributed by atoms with Crippen LogP contribution in [0.2, 0.25) is 5.02 Å². The zero-order chi connectivity index (χ0) is 30.1. The van der Waals surface area contributed by atoms with E-state index in [1.54, 1.807) is 32.6 Å². The fourth-order valence-corrected chi connectivity index (χ4v) is 4.88. The second-order valence-electron chi connectivity index (χ2n) is 10.8. The largest absolute Gasteiger partial charge is 0.477 e. The van der Waals surface area contributed by atoms with Crippen LogP contribution in [0.15, 0.2) is 24.4 Å². The minimum Gasteiger partial charge on any atom is -0.477 e. The molecule has 41 heavy (non-hydrogen) atoms. The SMILES string of the molecule is CC(c1cn[nH]n1)N(CCn1nc2c(c1C(=O)O)CN(C(=O)c1ccc(Cl)c(C#N)c1)[C@H](C)C2)C(=O)OC(C)(C)C. The summed E-state index contributed by atoms with van der Waals surface area (Å²) in [6.45, 7) is 9.05. The van der Waals surface area contributed by atoms with Crippen molar-refractivity contribution in [2.24, 2.45) is 0 Å². The van der Waals surface area contributed by atoms with Crippen molar-refractivity contribution in [3.05, 3.63) is 63.2 Å². The molecule has 1 aliphatic rings. The Morgan fingerprint density at radius 3 is 2.68 bits per heavy atom. The summed E-state index contributed by atoms with van der Waals surface area (Å²) in [5, 5.41) is 34.7. The molecule has 1 unspecified atom stereocenters. The van der Waals surface area contributed by atoms with E-state index in [-0.39, 0.29) is 53.4 Å². The van der Waals surface area contributed by atoms with Gasteiger partial charge in [-0.25, -0.2) is 9.59 Å². The first kappa shape index (κ1) is 29.5. The lowest BCUT2D eigenvalue weighted by molar-refractivity contribution is 0.0159. The molecular weight excluding hydrogens is 552 g/mol. The number of carbonyl (C=O) groups is 3. The lowest BCUT2D eigenvalue weighted by Crippen LogP contribution is -2.42. The highest BCUT2D eigenvalue weighted by molar-refractivity contribution is 6.31. The van der Waals surface area contributed by atoms with Gasteiger partial charge in [0, 0.05) is 30.1 Å². The predicted molar refractivity (Wildman–Crippen MR) is 146 cm³/mol. The van der Waals surface area contributed by atoms with Crippen molar-refractivity contribution >= 4 is 29.6 Å². The third kappa shape index (κ3) is 6.33. The van der Waals surface area contributed by atoms with E-state index in [0.29, 0.717) is 23.4 Å². The summed E-state index contributed by atoms with van der Waals surface area (Å²) in [7, 11) is 0. The number of hydrogen-bond donors (Lipinski definition) is 2. The number of carbonyl (C=O) groups excluding carboxylic acids is 2. The lowest BCUT2D eigenvalue weighted by atomic mass is 9.98. The number of hydrogen-bond acceptors (Lipinski definition) is 8. The summed E-state index contributed by atoms with van der Waals surface area (Å²) in [4.78, 5) is 42.0. The zero-order valence-electron chi connectivity index (χ0n) is 23.4. The number of nitrogens with zero attached hydrogens (tertiary/aromatic N) is 7. The molecule has 2 amide bonds. The molecule has 0 saturated heterocycles. The second kappa shape index (κ2) is 11.6. The van der Waals surface area contributed by atoms with Gasteiger partial charge in [0.1, 0.15) is 17.4 Å². The highest BCUT2D eigenvalue weighted by Gasteiger charge is 2.35. The zero-order valence-corrected chi connectivity index (χ0v) is 24.1. The van der Waals surface area contributed by atoms with Crippen LogP contribution in [0.1, 0.15) is 84.0 Å². The van der Waals surface area contributed by atoms with Gasteiger partial charge >= 0.3 is 12.1 Å². The van der Waals surface area contributed by atoms with Crippen LogP contribution in [0.4, 0.5) is 4.79 Å². The van der Waals surface area contributed by atoms with Crippen LogP contribution in [0.25, 0.3) is 0 Å². The molecule has 0 radical (unpaired) electrons. The Morgan fingerprint density at radius 2 is 2.07 bits per heavy atom. The number of carboxylic acid groups (broad SMARTS) is 1. The van der Waals surface area contributed by atoms with Crippen molar-refractivity contribution in [3.63, 3.8) is 0 Å². The number of aromatic nitrogens is 5. The third-order valence-corrected chi connectivity index (χ3v) is 7.12. The van der Waals surface area contributed by atoms with Gasteiger partial charge in [-0.3, -0.25) is 14.4 Å². The van der Waals surface area contributed by atoms with Crippen molar-refractivity contribution in [3.8, 4) is 6.07 Å². The van der Waals surface area contributed by atoms with Gasteiger partial charge in [-0.15, -0.1) is 0 Å². The average Bonchev–Trinajstić information content (AvgIpc) is 3.55. The highest BCUT2D eigenvalue weighted by atomic mass is 35.5. The maximum absolute atomic E-state index is 13.4. The minimum atomic E-state index is -1.20. The second-order valence-corrected chi connectivity index (χ2v) is 11.2. The summed E-state index contributed by atoms with van der Waals surface area (Å²) < 4.78 is 6.95. The number of fused-ring (bicyclic) bond motifs is 1. The van der Waals surface area contributed by atoms with Gasteiger partial charge in [0.2, 0.25) is 0 Å². The summed E-state index contributed by atoms with van der Waals surface area (Å²) in [6, 6.07) is 5.62. The topological polar surface area (TPSA) is 170 Å². The van der Waals surface area contributed by atoms with Crippen LogP contribution in [-0.2, 0) is 24.2 Å². The Balaban J connectivity index is 1.61. The number of ether oxygens (including phenoxy) is 1. The van der Waals surface area contributed by atoms with Crippen LogP contribution in [0, 0.1) is 11.3 Å². The molecule has 3 aromatic rings. The summed E-state index contributed by atoms with van der Waals surface area (Å²) in [5.74, 6) is -1.55. The van der Waals surface area contributed by atoms with Gasteiger partial charge in [-0.1, -0.05) is 11.6 Å². The first-order chi connectivity index (χ1) is 19.3. The van der Waals surface area contributed by atoms with Gasteiger partial charge in [0.15, 0.2) is 5.69 Å². The van der Waals surface area contributed by atoms with Crippen molar-refractivity contribution in [1.82, 2.24) is 35.0 Å². The molecule has 0 fully saturated rings. The van der Waals surface area contributed by atoms with E-state index >= 15 is 0 Å². The smallest absolute Gasteiger partial charge is 0.410 e. The first-order valence-electron chi connectivity index (χ1n) is 13.0. The molecule has 3 heterocycles. The molecule has 0 bridgehead atoms. The maximum atomic E-state index is 13.4. The molecule has 0 spiro atoms. The lowest BCUT2D eigenvalue weighted by Gasteiger charge is -2.33. The highest BCUT2D eigenvalue weighted by Crippen LogP contribution is 2.29. The minimum absolute atomic E-state index is 0.0204. The Morgan fingerprint density at radius 1 is 1.34 bits per heavy atom. The summed E-state index contributed by atoms with van der Waals surface area (Å²) in [6.07, 6.45) is 1.25. The fourth-order valence-electron chi connectivity index (χ4n) is 4.72. The van der Waals surface area contributed by atoms with Crippen LogP contribution >= 0.6 is 11.6 Å². The number of carboxylic acids is 1. The number of H-pyrrole nitrogens is 1. The molecular formula is C27H31ClN8O5. The normalized spacial score (nSPS) is 15.5. The molecule has 0 saturated carbocycles. The van der Waals surface area contributed by atoms with Gasteiger partial charge in [0.05, 0.1) is 41.6 Å². The third-order valence-electron chi connectivity index (χ3n) is 6.79. The summed E-state index contributed by atoms with van der Waals surface area (Å²) >= 11 is 6.03. The molecule has 14 heteroatoms. The quantitative estimate of drug-likeness (QED) is 0.420. The van der Waals surface area contributed by atoms with Gasteiger partial charge in [-0.2, -0.15) is 25.8 Å². The molecule has 4 rings (SSSR count). The van der Waals surface area contributed by atoms with Crippen LogP contribution in [0.5, 0.6) is 0 Å². The molecule has 216 valence electrons. The molecule has 2 N–H and O–H groups in total. The number of aromatic amines is 1. The predicted octanol–water partition coefficient (Wildman–Crippen LogP) is 3.81. The van der Waals surface area contributed by atoms with E-state index in [2.05, 4.69) is 20.5 Å². The molecule has 0 aliphatic carbocycles. The number of nitrogens with one attached hydrogen (secondary N) is 1. The van der Waals surface area contributed by atoms with E-state index in [1.165, 1.54) is 34.0 Å². The number of aromatic carboxylic acids is 1. The molecule has 2 atom stereocenters. The Bertz CT molecular complexity index is 1500. The average molecular weight is 583 g/mol. The monoisotopic (exact) mass is 582 g/mol. The number of rotatable bonds is 7. The van der Waals surface area contributed by atoms with E-state index < -0.39 is 23.7 Å². The van der Waals surface area contributed by atoms with E-state index in [1.807, 2.05) is 13.0 Å². The molecule has 2 aromatic heterocycles. The molecule has 13 nitrogen and oxygen atoms in total. The maximum Gasteiger partial charge on any atom is 0.410 e. The summed E-state index contributed by atoms with van der Waals surface area (Å²) in [5.41, 5.74) is 1.15. The number of benzene rings is 1. The molecule has 1 aromatic carbocycles.